The second-order valence-electron chi connectivity index (χ2n) is 10.5. The summed E-state index contributed by atoms with van der Waals surface area (Å²) in [4.78, 5) is 21.5. The molecule has 32 heavy (non-hydrogen) atoms. The Kier molecular flexibility index (Phi) is 5.66. The predicted octanol–water partition coefficient (Wildman–Crippen LogP) is 4.27. The van der Waals surface area contributed by atoms with Crippen LogP contribution < -0.4 is 5.32 Å². The van der Waals surface area contributed by atoms with Crippen LogP contribution in [-0.2, 0) is 17.8 Å². The lowest BCUT2D eigenvalue weighted by molar-refractivity contribution is -0.132. The first kappa shape index (κ1) is 21.4. The highest BCUT2D eigenvalue weighted by atomic mass is 16.2. The van der Waals surface area contributed by atoms with Crippen molar-refractivity contribution in [2.24, 2.45) is 28.7 Å². The van der Waals surface area contributed by atoms with E-state index in [1.807, 2.05) is 18.2 Å². The lowest BCUT2D eigenvalue weighted by atomic mass is 9.59. The number of hydrogen-bond donors (Lipinski definition) is 1. The van der Waals surface area contributed by atoms with Crippen LogP contribution in [0.3, 0.4) is 0 Å². The van der Waals surface area contributed by atoms with Crippen molar-refractivity contribution in [1.82, 2.24) is 10.2 Å². The maximum atomic E-state index is 13.8. The molecule has 2 aromatic carbocycles. The molecule has 2 aromatic rings. The monoisotopic (exact) mass is 429 g/mol. The van der Waals surface area contributed by atoms with Crippen molar-refractivity contribution < 1.29 is 4.79 Å². The Morgan fingerprint density at radius 2 is 1.94 bits per heavy atom. The molecule has 3 heterocycles. The van der Waals surface area contributed by atoms with Crippen LogP contribution in [0, 0.1) is 30.6 Å². The second kappa shape index (κ2) is 8.47. The largest absolute Gasteiger partial charge is 0.350 e. The van der Waals surface area contributed by atoms with Crippen molar-refractivity contribution in [3.63, 3.8) is 0 Å². The lowest BCUT2D eigenvalue weighted by Gasteiger charge is -2.51. The van der Waals surface area contributed by atoms with Crippen LogP contribution in [0.25, 0.3) is 0 Å². The van der Waals surface area contributed by atoms with Crippen molar-refractivity contribution in [2.45, 2.75) is 51.7 Å². The van der Waals surface area contributed by atoms with Crippen LogP contribution in [0.2, 0.25) is 0 Å². The molecule has 3 aliphatic heterocycles. The van der Waals surface area contributed by atoms with Gasteiger partial charge in [-0.25, -0.2) is 0 Å². The van der Waals surface area contributed by atoms with Crippen molar-refractivity contribution in [3.05, 3.63) is 71.3 Å². The second-order valence-corrected chi connectivity index (χ2v) is 10.5. The molecule has 2 fully saturated rings. The predicted molar refractivity (Wildman–Crippen MR) is 130 cm³/mol. The van der Waals surface area contributed by atoms with Gasteiger partial charge in [-0.2, -0.15) is 0 Å². The van der Waals surface area contributed by atoms with Crippen LogP contribution in [0.5, 0.6) is 0 Å². The van der Waals surface area contributed by atoms with Crippen molar-refractivity contribution >= 4 is 12.1 Å². The zero-order chi connectivity index (χ0) is 22.3. The van der Waals surface area contributed by atoms with E-state index in [0.717, 1.165) is 31.5 Å². The summed E-state index contributed by atoms with van der Waals surface area (Å²) in [6.45, 7) is 9.30. The molecule has 1 amide bonds. The van der Waals surface area contributed by atoms with Crippen LogP contribution >= 0.6 is 0 Å². The maximum absolute atomic E-state index is 13.8. The van der Waals surface area contributed by atoms with Gasteiger partial charge in [0, 0.05) is 37.8 Å². The minimum absolute atomic E-state index is 0.117. The molecule has 1 aliphatic carbocycles. The number of aliphatic imine (C=N–C) groups is 1. The van der Waals surface area contributed by atoms with E-state index in [1.54, 1.807) is 0 Å². The maximum Gasteiger partial charge on any atom is 0.250 e. The highest BCUT2D eigenvalue weighted by molar-refractivity contribution is 5.92. The van der Waals surface area contributed by atoms with E-state index in [0.29, 0.717) is 30.2 Å². The molecule has 1 saturated heterocycles. The van der Waals surface area contributed by atoms with Gasteiger partial charge in [-0.3, -0.25) is 14.7 Å². The van der Waals surface area contributed by atoms with Gasteiger partial charge < -0.3 is 5.32 Å². The number of hydrogen-bond acceptors (Lipinski definition) is 3. The number of nitrogens with zero attached hydrogens (tertiary/aromatic N) is 2. The molecule has 0 unspecified atom stereocenters. The van der Waals surface area contributed by atoms with Gasteiger partial charge in [-0.1, -0.05) is 74.0 Å². The van der Waals surface area contributed by atoms with Gasteiger partial charge in [0.15, 0.2) is 5.54 Å². The molecule has 168 valence electrons. The first-order chi connectivity index (χ1) is 15.5. The summed E-state index contributed by atoms with van der Waals surface area (Å²) in [7, 11) is 0. The fourth-order valence-electron chi connectivity index (χ4n) is 6.55. The third kappa shape index (κ3) is 3.69. The fraction of sp³-hybridized carbons (Fsp3) is 0.500. The van der Waals surface area contributed by atoms with Gasteiger partial charge in [-0.15, -0.1) is 0 Å². The van der Waals surface area contributed by atoms with Crippen molar-refractivity contribution in [2.75, 3.05) is 13.1 Å². The van der Waals surface area contributed by atoms with Gasteiger partial charge in [0.2, 0.25) is 5.91 Å². The van der Waals surface area contributed by atoms with E-state index in [1.165, 1.54) is 11.1 Å². The van der Waals surface area contributed by atoms with E-state index in [9.17, 15) is 4.79 Å². The van der Waals surface area contributed by atoms with E-state index >= 15 is 0 Å². The zero-order valence-corrected chi connectivity index (χ0v) is 19.5. The van der Waals surface area contributed by atoms with Crippen LogP contribution in [0.1, 0.15) is 37.0 Å². The number of carbonyl (C=O) groups excluding carboxylic acids is 1. The topological polar surface area (TPSA) is 44.7 Å². The molecule has 0 radical (unpaired) electrons. The van der Waals surface area contributed by atoms with Crippen LogP contribution in [0.4, 0.5) is 0 Å². The molecule has 4 aliphatic rings. The highest BCUT2D eigenvalue weighted by Crippen LogP contribution is 2.54. The van der Waals surface area contributed by atoms with Gasteiger partial charge in [0.1, 0.15) is 0 Å². The summed E-state index contributed by atoms with van der Waals surface area (Å²) in [6, 6.07) is 19.2. The molecule has 1 saturated carbocycles. The molecule has 4 bridgehead atoms. The molecule has 0 aromatic heterocycles. The van der Waals surface area contributed by atoms with E-state index in [2.05, 4.69) is 73.6 Å². The van der Waals surface area contributed by atoms with E-state index < -0.39 is 5.54 Å². The summed E-state index contributed by atoms with van der Waals surface area (Å²) < 4.78 is 0. The Balaban J connectivity index is 1.46. The average molecular weight is 430 g/mol. The smallest absolute Gasteiger partial charge is 0.250 e. The zero-order valence-electron chi connectivity index (χ0n) is 19.5. The average Bonchev–Trinajstić information content (AvgIpc) is 3.03. The molecule has 5 atom stereocenters. The van der Waals surface area contributed by atoms with Crippen LogP contribution in [-0.4, -0.2) is 41.7 Å². The summed E-state index contributed by atoms with van der Waals surface area (Å²) in [5.74, 6) is 1.89. The lowest BCUT2D eigenvalue weighted by Crippen LogP contribution is -2.66. The minimum atomic E-state index is -0.646. The quantitative estimate of drug-likeness (QED) is 0.714. The number of nitrogens with one attached hydrogen (secondary N) is 1. The van der Waals surface area contributed by atoms with Crippen molar-refractivity contribution in [1.29, 1.82) is 0 Å². The minimum Gasteiger partial charge on any atom is -0.350 e. The number of benzene rings is 2. The molecule has 4 heteroatoms. The number of rotatable bonds is 7. The first-order valence-electron chi connectivity index (χ1n) is 12.1. The number of carbonyl (C=O) groups is 1. The summed E-state index contributed by atoms with van der Waals surface area (Å²) >= 11 is 0. The Hall–Kier alpha value is -2.46. The summed E-state index contributed by atoms with van der Waals surface area (Å²) in [6.07, 6.45) is 4.22. The number of likely N-dealkylation sites (tertiary alicyclic amines) is 1. The van der Waals surface area contributed by atoms with Crippen molar-refractivity contribution in [3.8, 4) is 0 Å². The highest BCUT2D eigenvalue weighted by Gasteiger charge is 2.67. The normalized spacial score (nSPS) is 30.8. The summed E-state index contributed by atoms with van der Waals surface area (Å²) in [5, 5.41) is 3.27. The molecule has 0 spiro atoms. The van der Waals surface area contributed by atoms with Crippen LogP contribution in [0.15, 0.2) is 59.6 Å². The Labute approximate surface area is 192 Å². The van der Waals surface area contributed by atoms with E-state index in [-0.39, 0.29) is 11.9 Å². The van der Waals surface area contributed by atoms with E-state index in [4.69, 9.17) is 4.99 Å². The molecular formula is C28H35N3O. The Morgan fingerprint density at radius 3 is 2.69 bits per heavy atom. The molecule has 1 N–H and O–H groups in total. The Bertz CT molecular complexity index is 1000. The fourth-order valence-corrected chi connectivity index (χ4v) is 6.55. The summed E-state index contributed by atoms with van der Waals surface area (Å²) in [5.41, 5.74) is 3.17. The third-order valence-corrected chi connectivity index (χ3v) is 7.73. The van der Waals surface area contributed by atoms with Gasteiger partial charge in [0.25, 0.3) is 0 Å². The van der Waals surface area contributed by atoms with Gasteiger partial charge >= 0.3 is 0 Å². The van der Waals surface area contributed by atoms with Gasteiger partial charge in [-0.05, 0) is 48.6 Å². The number of amides is 1. The molecule has 4 nitrogen and oxygen atoms in total. The number of aryl methyl sites for hydroxylation is 1. The third-order valence-electron chi connectivity index (χ3n) is 7.73. The molecular weight excluding hydrogens is 394 g/mol. The first-order valence-corrected chi connectivity index (χ1v) is 12.1. The standard InChI is InChI=1S/C28H35N3O/c1-19(2)17-31-18-24-14-23-16-30-28(24,27(32)29-15-21-9-5-4-6-10-21)26(31)25(23)13-22-11-7-8-20(3)12-22/h4-12,16,19,23-26H,13-15,17-18H2,1-3H3,(H,29,32)/t23-,24-,25+,26-,28-/m0/s1. The van der Waals surface area contributed by atoms with Gasteiger partial charge in [0.05, 0.1) is 0 Å². The SMILES string of the molecule is Cc1cccc(C[C@@H]2[C@@H]3C=N[C@@]4(C(=O)NCc5ccccc5)[C@@H](C3)CN(CC(C)C)[C@@H]24)c1. The Morgan fingerprint density at radius 1 is 1.16 bits per heavy atom. The molecule has 6 rings (SSSR count).